The Morgan fingerprint density at radius 2 is 2.19 bits per heavy atom. The summed E-state index contributed by atoms with van der Waals surface area (Å²) in [6, 6.07) is 8.27. The monoisotopic (exact) mass is 344 g/mol. The largest absolute Gasteiger partial charge is 0.504 e. The van der Waals surface area contributed by atoms with Gasteiger partial charge in [0.25, 0.3) is 0 Å². The van der Waals surface area contributed by atoms with Crippen molar-refractivity contribution >= 4 is 38.9 Å². The van der Waals surface area contributed by atoms with Gasteiger partial charge in [0.15, 0.2) is 11.6 Å². The maximum Gasteiger partial charge on any atom is 0.201 e. The van der Waals surface area contributed by atoms with Crippen molar-refractivity contribution < 1.29 is 9.52 Å². The second-order valence-corrected chi connectivity index (χ2v) is 5.18. The Morgan fingerprint density at radius 3 is 3.00 bits per heavy atom. The number of aliphatic imine (C=N–C) groups is 1. The Hall–Kier alpha value is -2.47. The summed E-state index contributed by atoms with van der Waals surface area (Å²) in [7, 11) is 0. The van der Waals surface area contributed by atoms with Crippen LogP contribution in [0.15, 0.2) is 61.5 Å². The quantitative estimate of drug-likeness (QED) is 0.722. The van der Waals surface area contributed by atoms with Crippen molar-refractivity contribution in [2.24, 2.45) is 4.99 Å². The van der Waals surface area contributed by atoms with Crippen LogP contribution < -0.4 is 5.43 Å². The number of fused-ring (bicyclic) bond motifs is 1. The molecule has 104 valence electrons. The third-order valence-corrected chi connectivity index (χ3v) is 3.35. The Bertz CT molecular complexity index is 903. The molecule has 2 heterocycles. The zero-order chi connectivity index (χ0) is 14.8. The number of pyridine rings is 1. The van der Waals surface area contributed by atoms with Gasteiger partial charge in [0.05, 0.1) is 10.9 Å². The molecule has 0 spiro atoms. The molecule has 21 heavy (non-hydrogen) atoms. The van der Waals surface area contributed by atoms with E-state index in [1.807, 2.05) is 0 Å². The van der Waals surface area contributed by atoms with E-state index in [1.165, 1.54) is 24.7 Å². The van der Waals surface area contributed by atoms with Crippen molar-refractivity contribution in [3.05, 3.63) is 63.1 Å². The third-order valence-electron chi connectivity index (χ3n) is 2.85. The van der Waals surface area contributed by atoms with Gasteiger partial charge in [0, 0.05) is 16.9 Å². The number of aromatic hydroxyl groups is 1. The van der Waals surface area contributed by atoms with Gasteiger partial charge < -0.3 is 9.52 Å². The van der Waals surface area contributed by atoms with E-state index in [4.69, 9.17) is 4.42 Å². The molecule has 0 radical (unpaired) electrons. The van der Waals surface area contributed by atoms with Crippen molar-refractivity contribution in [2.75, 3.05) is 0 Å². The molecule has 0 bridgehead atoms. The molecule has 3 rings (SSSR count). The van der Waals surface area contributed by atoms with Gasteiger partial charge >= 0.3 is 0 Å². The number of benzene rings is 1. The van der Waals surface area contributed by atoms with E-state index in [0.29, 0.717) is 11.0 Å². The standard InChI is InChI=1S/C15H9BrN2O3/c16-10-3-4-13-11(6-10)14(20)9(8-21-13)7-18-15-12(19)2-1-5-17-15/h1-8,19H/b18-7+. The molecule has 0 amide bonds. The summed E-state index contributed by atoms with van der Waals surface area (Å²) in [5.41, 5.74) is 0.586. The highest BCUT2D eigenvalue weighted by Crippen LogP contribution is 2.21. The number of halogens is 1. The van der Waals surface area contributed by atoms with Crippen molar-refractivity contribution in [1.82, 2.24) is 4.98 Å². The van der Waals surface area contributed by atoms with E-state index in [-0.39, 0.29) is 22.6 Å². The zero-order valence-electron chi connectivity index (χ0n) is 10.7. The van der Waals surface area contributed by atoms with Crippen molar-refractivity contribution in [3.63, 3.8) is 0 Å². The molecule has 1 N–H and O–H groups in total. The molecule has 0 aliphatic rings. The summed E-state index contributed by atoms with van der Waals surface area (Å²) < 4.78 is 6.19. The summed E-state index contributed by atoms with van der Waals surface area (Å²) in [4.78, 5) is 20.3. The average Bonchev–Trinajstić information content (AvgIpc) is 2.49. The topological polar surface area (TPSA) is 75.7 Å². The normalized spacial score (nSPS) is 11.3. The van der Waals surface area contributed by atoms with Crippen LogP contribution in [0.1, 0.15) is 5.56 Å². The van der Waals surface area contributed by atoms with Gasteiger partial charge in [0.2, 0.25) is 5.43 Å². The van der Waals surface area contributed by atoms with E-state index in [0.717, 1.165) is 4.47 Å². The molecule has 0 fully saturated rings. The minimum atomic E-state index is -0.197. The smallest absolute Gasteiger partial charge is 0.201 e. The van der Waals surface area contributed by atoms with Crippen molar-refractivity contribution in [1.29, 1.82) is 0 Å². The third kappa shape index (κ3) is 2.71. The van der Waals surface area contributed by atoms with Gasteiger partial charge in [-0.2, -0.15) is 0 Å². The fourth-order valence-corrected chi connectivity index (χ4v) is 2.19. The Morgan fingerprint density at radius 1 is 1.33 bits per heavy atom. The van der Waals surface area contributed by atoms with Crippen LogP contribution >= 0.6 is 15.9 Å². The molecule has 6 heteroatoms. The van der Waals surface area contributed by atoms with Crippen LogP contribution in [0, 0.1) is 0 Å². The van der Waals surface area contributed by atoms with Crippen molar-refractivity contribution in [3.8, 4) is 5.75 Å². The Kier molecular flexibility index (Phi) is 3.53. The van der Waals surface area contributed by atoms with Gasteiger partial charge in [0.1, 0.15) is 11.8 Å². The number of hydrogen-bond donors (Lipinski definition) is 1. The molecule has 2 aromatic heterocycles. The highest BCUT2D eigenvalue weighted by atomic mass is 79.9. The van der Waals surface area contributed by atoms with Crippen LogP contribution in [0.5, 0.6) is 5.75 Å². The molecule has 1 aromatic carbocycles. The van der Waals surface area contributed by atoms with E-state index in [1.54, 1.807) is 24.3 Å². The lowest BCUT2D eigenvalue weighted by molar-refractivity contribution is 0.474. The fraction of sp³-hybridized carbons (Fsp3) is 0. The number of aromatic nitrogens is 1. The fourth-order valence-electron chi connectivity index (χ4n) is 1.83. The maximum absolute atomic E-state index is 12.3. The van der Waals surface area contributed by atoms with E-state index >= 15 is 0 Å². The van der Waals surface area contributed by atoms with E-state index < -0.39 is 0 Å². The van der Waals surface area contributed by atoms with Crippen LogP contribution in [0.3, 0.4) is 0 Å². The molecule has 0 aliphatic carbocycles. The van der Waals surface area contributed by atoms with E-state index in [9.17, 15) is 9.90 Å². The predicted octanol–water partition coefficient (Wildman–Crippen LogP) is 3.41. The second-order valence-electron chi connectivity index (χ2n) is 4.26. The Balaban J connectivity index is 2.08. The molecular formula is C15H9BrN2O3. The first-order valence-electron chi connectivity index (χ1n) is 6.04. The second kappa shape index (κ2) is 5.49. The zero-order valence-corrected chi connectivity index (χ0v) is 12.2. The Labute approximate surface area is 127 Å². The summed E-state index contributed by atoms with van der Waals surface area (Å²) in [5, 5.41) is 10.0. The first-order chi connectivity index (χ1) is 10.1. The molecule has 0 saturated heterocycles. The van der Waals surface area contributed by atoms with Gasteiger partial charge in [-0.25, -0.2) is 9.98 Å². The molecule has 0 aliphatic heterocycles. The van der Waals surface area contributed by atoms with Crippen LogP contribution in [-0.2, 0) is 0 Å². The van der Waals surface area contributed by atoms with Gasteiger partial charge in [-0.1, -0.05) is 15.9 Å². The lowest BCUT2D eigenvalue weighted by Crippen LogP contribution is -2.07. The average molecular weight is 345 g/mol. The number of nitrogens with zero attached hydrogens (tertiary/aromatic N) is 2. The number of rotatable bonds is 2. The maximum atomic E-state index is 12.3. The highest BCUT2D eigenvalue weighted by molar-refractivity contribution is 9.10. The lowest BCUT2D eigenvalue weighted by Gasteiger charge is -1.99. The van der Waals surface area contributed by atoms with Gasteiger partial charge in [-0.3, -0.25) is 4.79 Å². The summed E-state index contributed by atoms with van der Waals surface area (Å²) in [6.45, 7) is 0. The summed E-state index contributed by atoms with van der Waals surface area (Å²) in [5.74, 6) is 0.0907. The lowest BCUT2D eigenvalue weighted by atomic mass is 10.2. The molecule has 0 saturated carbocycles. The molecule has 0 atom stereocenters. The summed E-state index contributed by atoms with van der Waals surface area (Å²) >= 11 is 3.32. The first kappa shape index (κ1) is 13.5. The van der Waals surface area contributed by atoms with Gasteiger partial charge in [-0.15, -0.1) is 0 Å². The molecular weight excluding hydrogens is 336 g/mol. The van der Waals surface area contributed by atoms with E-state index in [2.05, 4.69) is 25.9 Å². The van der Waals surface area contributed by atoms with Crippen LogP contribution in [0.25, 0.3) is 11.0 Å². The highest BCUT2D eigenvalue weighted by Gasteiger charge is 2.06. The molecule has 0 unspecified atom stereocenters. The predicted molar refractivity (Wildman–Crippen MR) is 83.3 cm³/mol. The van der Waals surface area contributed by atoms with Crippen LogP contribution in [-0.4, -0.2) is 16.3 Å². The van der Waals surface area contributed by atoms with Crippen molar-refractivity contribution in [2.45, 2.75) is 0 Å². The number of hydrogen-bond acceptors (Lipinski definition) is 5. The SMILES string of the molecule is O=c1c(/C=N/c2ncccc2O)coc2ccc(Br)cc12. The first-order valence-corrected chi connectivity index (χ1v) is 6.83. The molecule has 5 nitrogen and oxygen atoms in total. The summed E-state index contributed by atoms with van der Waals surface area (Å²) in [6.07, 6.45) is 4.17. The molecule has 3 aromatic rings. The van der Waals surface area contributed by atoms with Crippen LogP contribution in [0.2, 0.25) is 0 Å². The van der Waals surface area contributed by atoms with Gasteiger partial charge in [-0.05, 0) is 30.3 Å². The minimum Gasteiger partial charge on any atom is -0.504 e. The minimum absolute atomic E-state index is 0.0540. The van der Waals surface area contributed by atoms with Crippen LogP contribution in [0.4, 0.5) is 5.82 Å².